The average Bonchev–Trinajstić information content (AvgIpc) is 3.43. The van der Waals surface area contributed by atoms with Gasteiger partial charge in [-0.2, -0.15) is 0 Å². The summed E-state index contributed by atoms with van der Waals surface area (Å²) in [4.78, 5) is 14.8. The first-order chi connectivity index (χ1) is 33.7. The van der Waals surface area contributed by atoms with E-state index < -0.39 is 0 Å². The van der Waals surface area contributed by atoms with Crippen molar-refractivity contribution in [1.29, 1.82) is 0 Å². The van der Waals surface area contributed by atoms with Crippen LogP contribution in [0.5, 0.6) is 0 Å². The Morgan fingerprint density at radius 3 is 1.74 bits per heavy atom. The first-order valence-electron chi connectivity index (χ1n) is 26.0. The first kappa shape index (κ1) is 42.9. The molecule has 8 atom stereocenters. The summed E-state index contributed by atoms with van der Waals surface area (Å²) in [6, 6.07) is 62.9. The topological polar surface area (TPSA) is 38.7 Å². The van der Waals surface area contributed by atoms with Crippen LogP contribution in [0.1, 0.15) is 123 Å². The van der Waals surface area contributed by atoms with Crippen LogP contribution < -0.4 is 0 Å². The van der Waals surface area contributed by atoms with Gasteiger partial charge in [-0.25, -0.2) is 0 Å². The fourth-order valence-corrected chi connectivity index (χ4v) is 13.6. The predicted molar refractivity (Wildman–Crippen MR) is 280 cm³/mol. The number of hydrogen-bond acceptors (Lipinski definition) is 3. The van der Waals surface area contributed by atoms with Crippen LogP contribution in [0, 0.1) is 23.7 Å². The summed E-state index contributed by atoms with van der Waals surface area (Å²) in [5.74, 6) is 5.52. The van der Waals surface area contributed by atoms with Gasteiger partial charge in [0.25, 0.3) is 0 Å². The second-order valence-corrected chi connectivity index (χ2v) is 20.9. The van der Waals surface area contributed by atoms with Crippen molar-refractivity contribution < 1.29 is 0 Å². The summed E-state index contributed by atoms with van der Waals surface area (Å²) in [5.41, 5.74) is 17.8. The Morgan fingerprint density at radius 1 is 0.338 bits per heavy atom. The minimum Gasteiger partial charge on any atom is -0.256 e. The zero-order chi connectivity index (χ0) is 45.2. The molecule has 0 spiro atoms. The van der Waals surface area contributed by atoms with Crippen molar-refractivity contribution in [2.24, 2.45) is 23.7 Å². The zero-order valence-electron chi connectivity index (χ0n) is 39.3. The largest absolute Gasteiger partial charge is 0.256 e. The van der Waals surface area contributed by atoms with E-state index in [1.165, 1.54) is 133 Å². The maximum Gasteiger partial charge on any atom is 0.0708 e. The second-order valence-electron chi connectivity index (χ2n) is 20.9. The van der Waals surface area contributed by atoms with Crippen LogP contribution in [0.25, 0.3) is 56.0 Å². The van der Waals surface area contributed by atoms with Crippen molar-refractivity contribution in [1.82, 2.24) is 15.0 Å². The molecule has 0 bridgehead atoms. The number of pyridine rings is 3. The molecule has 68 heavy (non-hydrogen) atoms. The van der Waals surface area contributed by atoms with E-state index in [2.05, 4.69) is 182 Å². The van der Waals surface area contributed by atoms with E-state index in [0.29, 0.717) is 29.6 Å². The fourth-order valence-electron chi connectivity index (χ4n) is 13.6. The highest BCUT2D eigenvalue weighted by Crippen LogP contribution is 2.53. The van der Waals surface area contributed by atoms with E-state index in [-0.39, 0.29) is 0 Å². The third kappa shape index (κ3) is 8.89. The number of rotatable bonds is 9. The van der Waals surface area contributed by atoms with Gasteiger partial charge in [0.1, 0.15) is 0 Å². The summed E-state index contributed by atoms with van der Waals surface area (Å²) in [6.07, 6.45) is 22.0. The molecule has 0 radical (unpaired) electrons. The Kier molecular flexibility index (Phi) is 12.2. The van der Waals surface area contributed by atoms with Crippen molar-refractivity contribution >= 4 is 0 Å². The Balaban J connectivity index is 0.733. The van der Waals surface area contributed by atoms with Crippen molar-refractivity contribution in [3.63, 3.8) is 0 Å². The molecule has 8 aromatic rings. The summed E-state index contributed by atoms with van der Waals surface area (Å²) in [6.45, 7) is 0. The summed E-state index contributed by atoms with van der Waals surface area (Å²) in [7, 11) is 0. The molecule has 3 heteroatoms. The predicted octanol–water partition coefficient (Wildman–Crippen LogP) is 17.1. The first-order valence-corrected chi connectivity index (χ1v) is 26.0. The van der Waals surface area contributed by atoms with Crippen LogP contribution in [-0.4, -0.2) is 15.0 Å². The summed E-state index contributed by atoms with van der Waals surface area (Å²) >= 11 is 0. The van der Waals surface area contributed by atoms with Gasteiger partial charge in [-0.3, -0.25) is 15.0 Å². The van der Waals surface area contributed by atoms with E-state index in [1.807, 2.05) is 6.20 Å². The summed E-state index contributed by atoms with van der Waals surface area (Å²) < 4.78 is 0. The van der Waals surface area contributed by atoms with Gasteiger partial charge in [-0.1, -0.05) is 152 Å². The van der Waals surface area contributed by atoms with Gasteiger partial charge in [0.2, 0.25) is 0 Å². The van der Waals surface area contributed by atoms with E-state index in [1.54, 1.807) is 0 Å². The maximum absolute atomic E-state index is 5.05. The number of aromatic nitrogens is 3. The molecule has 338 valence electrons. The Bertz CT molecular complexity index is 2940. The molecule has 5 aromatic carbocycles. The number of benzene rings is 5. The lowest BCUT2D eigenvalue weighted by atomic mass is 9.60. The maximum atomic E-state index is 5.05. The summed E-state index contributed by atoms with van der Waals surface area (Å²) in [5, 5.41) is 0. The van der Waals surface area contributed by atoms with Crippen LogP contribution in [0.3, 0.4) is 0 Å². The van der Waals surface area contributed by atoms with Crippen LogP contribution >= 0.6 is 0 Å². The second kappa shape index (κ2) is 19.3. The smallest absolute Gasteiger partial charge is 0.0708 e. The SMILES string of the molecule is c1ccc(-c2ccc(-c3ccc(C4CCC5CCCC(c6cccc(-c7cc(-c8ccccc8C8CCC9CCC(c%10ccc(-c%11ccccc%11)nc%10)CC9C8)ccn7)c6)C5C4)cc3)cn2)cc1. The molecule has 3 heterocycles. The molecule has 8 unspecified atom stereocenters. The molecule has 0 amide bonds. The third-order valence-corrected chi connectivity index (χ3v) is 17.2. The average molecular weight is 886 g/mol. The lowest BCUT2D eigenvalue weighted by Crippen LogP contribution is -2.32. The lowest BCUT2D eigenvalue weighted by molar-refractivity contribution is 0.130. The monoisotopic (exact) mass is 886 g/mol. The highest BCUT2D eigenvalue weighted by Gasteiger charge is 2.40. The fraction of sp³-hybridized carbons (Fsp3) is 0.308. The van der Waals surface area contributed by atoms with E-state index in [0.717, 1.165) is 40.4 Å². The van der Waals surface area contributed by atoms with Gasteiger partial charge < -0.3 is 0 Å². The molecule has 0 N–H and O–H groups in total. The van der Waals surface area contributed by atoms with Crippen LogP contribution in [0.2, 0.25) is 0 Å². The Morgan fingerprint density at radius 2 is 0.985 bits per heavy atom. The van der Waals surface area contributed by atoms with E-state index >= 15 is 0 Å². The van der Waals surface area contributed by atoms with E-state index in [4.69, 9.17) is 15.0 Å². The molecule has 3 nitrogen and oxygen atoms in total. The Labute approximate surface area is 404 Å². The molecule has 4 aliphatic rings. The highest BCUT2D eigenvalue weighted by atomic mass is 14.7. The van der Waals surface area contributed by atoms with Gasteiger partial charge in [0.05, 0.1) is 17.1 Å². The molecule has 3 aromatic heterocycles. The highest BCUT2D eigenvalue weighted by molar-refractivity contribution is 5.73. The van der Waals surface area contributed by atoms with Gasteiger partial charge in [0, 0.05) is 40.8 Å². The zero-order valence-corrected chi connectivity index (χ0v) is 39.3. The molecule has 4 saturated carbocycles. The minimum atomic E-state index is 0.580. The van der Waals surface area contributed by atoms with E-state index in [9.17, 15) is 0 Å². The lowest BCUT2D eigenvalue weighted by Gasteiger charge is -2.44. The van der Waals surface area contributed by atoms with Crippen molar-refractivity contribution in [3.8, 4) is 56.0 Å². The normalized spacial score (nSPS) is 24.6. The van der Waals surface area contributed by atoms with Crippen molar-refractivity contribution in [2.75, 3.05) is 0 Å². The number of fused-ring (bicyclic) bond motifs is 2. The van der Waals surface area contributed by atoms with Gasteiger partial charge >= 0.3 is 0 Å². The third-order valence-electron chi connectivity index (χ3n) is 17.2. The number of nitrogens with zero attached hydrogens (tertiary/aromatic N) is 3. The quantitative estimate of drug-likeness (QED) is 0.145. The molecular weight excluding hydrogens is 823 g/mol. The van der Waals surface area contributed by atoms with Crippen LogP contribution in [-0.2, 0) is 0 Å². The van der Waals surface area contributed by atoms with Crippen LogP contribution in [0.4, 0.5) is 0 Å². The van der Waals surface area contributed by atoms with Gasteiger partial charge in [-0.15, -0.1) is 0 Å². The van der Waals surface area contributed by atoms with Crippen molar-refractivity contribution in [2.45, 2.75) is 101 Å². The minimum absolute atomic E-state index is 0.580. The molecule has 0 aliphatic heterocycles. The molecular formula is C65H63N3. The Hall–Kier alpha value is -6.45. The van der Waals surface area contributed by atoms with Gasteiger partial charge in [-0.05, 0) is 181 Å². The number of hydrogen-bond donors (Lipinski definition) is 0. The van der Waals surface area contributed by atoms with Crippen LogP contribution in [0.15, 0.2) is 188 Å². The molecule has 0 saturated heterocycles. The standard InChI is InChI=1S/C65H63N3/c1-3-11-48(12-4-1)63-33-31-56(42-67-63)45-23-21-44(22-24-45)51-29-27-47-15-10-20-61(62(47)40-51)52-16-9-17-55(38-52)65-41-54(35-36-66-65)60-19-8-7-18-59(60)53-30-26-46-25-28-50(37-58(46)39-53)57-32-34-64(68-43-57)49-13-5-2-6-14-49/h1-9,11-14,16-19,21-24,31-36,38,41-43,46-47,50-51,53,58,61-62H,10,15,20,25-30,37,39-40H2. The van der Waals surface area contributed by atoms with Crippen molar-refractivity contribution in [3.05, 3.63) is 211 Å². The van der Waals surface area contributed by atoms with Gasteiger partial charge in [0.15, 0.2) is 0 Å². The molecule has 4 fully saturated rings. The molecule has 12 rings (SSSR count). The molecule has 4 aliphatic carbocycles.